The van der Waals surface area contributed by atoms with Crippen molar-refractivity contribution in [3.8, 4) is 0 Å². The van der Waals surface area contributed by atoms with E-state index in [0.29, 0.717) is 24.3 Å². The Hall–Kier alpha value is -2.33. The van der Waals surface area contributed by atoms with Gasteiger partial charge in [-0.1, -0.05) is 24.3 Å². The summed E-state index contributed by atoms with van der Waals surface area (Å²) in [5.74, 6) is -0.154. The number of aromatic nitrogens is 1. The molecule has 0 aliphatic carbocycles. The Labute approximate surface area is 178 Å². The highest BCUT2D eigenvalue weighted by atomic mass is 32.2. The van der Waals surface area contributed by atoms with Crippen molar-refractivity contribution in [3.05, 3.63) is 59.9 Å². The molecule has 0 saturated carbocycles. The number of Topliss-reactive ketones (excluding diaryl/α,β-unsaturated/α-hetero) is 1. The van der Waals surface area contributed by atoms with Crippen LogP contribution in [0.5, 0.6) is 0 Å². The Balaban J connectivity index is 1.92. The Morgan fingerprint density at radius 1 is 1.17 bits per heavy atom. The first-order valence-corrected chi connectivity index (χ1v) is 11.4. The van der Waals surface area contributed by atoms with Crippen LogP contribution >= 0.6 is 0 Å². The van der Waals surface area contributed by atoms with Gasteiger partial charge in [-0.05, 0) is 38.6 Å². The highest BCUT2D eigenvalue weighted by Crippen LogP contribution is 2.25. The number of rotatable bonds is 7. The van der Waals surface area contributed by atoms with Gasteiger partial charge in [-0.15, -0.1) is 0 Å². The molecule has 162 valence electrons. The lowest BCUT2D eigenvalue weighted by Crippen LogP contribution is -2.59. The molecular weight excluding hydrogens is 402 g/mol. The Bertz CT molecular complexity index is 954. The van der Waals surface area contributed by atoms with Crippen molar-refractivity contribution in [2.24, 2.45) is 5.73 Å². The maximum atomic E-state index is 13.6. The number of pyridine rings is 1. The van der Waals surface area contributed by atoms with E-state index in [1.54, 1.807) is 53.1 Å². The Morgan fingerprint density at radius 3 is 2.33 bits per heavy atom. The lowest BCUT2D eigenvalue weighted by molar-refractivity contribution is 0.100. The van der Waals surface area contributed by atoms with Gasteiger partial charge in [0, 0.05) is 36.9 Å². The molecule has 1 aromatic heterocycles. The summed E-state index contributed by atoms with van der Waals surface area (Å²) in [5.41, 5.74) is 7.20. The Morgan fingerprint density at radius 2 is 1.80 bits per heavy atom. The summed E-state index contributed by atoms with van der Waals surface area (Å²) in [6.07, 6.45) is 3.16. The van der Waals surface area contributed by atoms with E-state index in [9.17, 15) is 13.2 Å². The molecule has 2 atom stereocenters. The van der Waals surface area contributed by atoms with Gasteiger partial charge in [-0.3, -0.25) is 19.0 Å². The van der Waals surface area contributed by atoms with Crippen LogP contribution in [0.2, 0.25) is 0 Å². The van der Waals surface area contributed by atoms with E-state index >= 15 is 0 Å². The number of anilines is 1. The van der Waals surface area contributed by atoms with Crippen LogP contribution in [-0.4, -0.2) is 67.2 Å². The van der Waals surface area contributed by atoms with Gasteiger partial charge in [0.2, 0.25) is 0 Å². The monoisotopic (exact) mass is 431 g/mol. The smallest absolute Gasteiger partial charge is 0.304 e. The van der Waals surface area contributed by atoms with Crippen LogP contribution in [0.1, 0.15) is 29.8 Å². The number of nitrogens with two attached hydrogens (primary N) is 1. The number of piperazine rings is 1. The summed E-state index contributed by atoms with van der Waals surface area (Å²) in [6, 6.07) is 10.6. The zero-order valence-electron chi connectivity index (χ0n) is 17.6. The maximum Gasteiger partial charge on any atom is 0.304 e. The second kappa shape index (κ2) is 9.22. The molecule has 1 aliphatic heterocycles. The average Bonchev–Trinajstić information content (AvgIpc) is 2.75. The second-order valence-electron chi connectivity index (χ2n) is 7.73. The van der Waals surface area contributed by atoms with Crippen LogP contribution in [0, 0.1) is 0 Å². The topological polar surface area (TPSA) is 99.8 Å². The second-order valence-corrected chi connectivity index (χ2v) is 9.58. The fourth-order valence-corrected chi connectivity index (χ4v) is 5.34. The minimum atomic E-state index is -3.78. The molecule has 0 radical (unpaired) electrons. The quantitative estimate of drug-likeness (QED) is 0.667. The van der Waals surface area contributed by atoms with Gasteiger partial charge in [0.1, 0.15) is 0 Å². The molecule has 3 rings (SSSR count). The van der Waals surface area contributed by atoms with E-state index in [-0.39, 0.29) is 31.0 Å². The van der Waals surface area contributed by atoms with E-state index in [4.69, 9.17) is 5.73 Å². The van der Waals surface area contributed by atoms with E-state index in [2.05, 4.69) is 9.88 Å². The van der Waals surface area contributed by atoms with Gasteiger partial charge in [0.15, 0.2) is 5.78 Å². The molecule has 30 heavy (non-hydrogen) atoms. The maximum absolute atomic E-state index is 13.6. The van der Waals surface area contributed by atoms with Crippen molar-refractivity contribution in [2.45, 2.75) is 32.5 Å². The SMILES string of the molecule is C[C@@H]1CN(S(=O)(=O)N(Cc2ccc(C(=O)CN)cc2)c2cccnc2)C[C@H](C)N1C. The fraction of sp³-hybridized carbons (Fsp3) is 0.429. The van der Waals surface area contributed by atoms with Crippen LogP contribution in [0.25, 0.3) is 0 Å². The lowest BCUT2D eigenvalue weighted by Gasteiger charge is -2.43. The molecule has 0 unspecified atom stereocenters. The average molecular weight is 432 g/mol. The van der Waals surface area contributed by atoms with E-state index < -0.39 is 10.2 Å². The predicted octanol–water partition coefficient (Wildman–Crippen LogP) is 1.50. The molecule has 8 nitrogen and oxygen atoms in total. The van der Waals surface area contributed by atoms with Gasteiger partial charge < -0.3 is 5.73 Å². The first-order valence-electron chi connectivity index (χ1n) is 9.96. The minimum absolute atomic E-state index is 0.0602. The third-order valence-electron chi connectivity index (χ3n) is 5.65. The first kappa shape index (κ1) is 22.4. The number of ketones is 1. The number of benzene rings is 1. The minimum Gasteiger partial charge on any atom is -0.324 e. The van der Waals surface area contributed by atoms with Gasteiger partial charge in [0.05, 0.1) is 25.0 Å². The molecule has 2 N–H and O–H groups in total. The number of carbonyl (C=O) groups excluding carboxylic acids is 1. The molecule has 1 aromatic carbocycles. The summed E-state index contributed by atoms with van der Waals surface area (Å²) >= 11 is 0. The summed E-state index contributed by atoms with van der Waals surface area (Å²) in [7, 11) is -1.77. The number of hydrogen-bond acceptors (Lipinski definition) is 6. The normalized spacial score (nSPS) is 20.8. The molecule has 1 saturated heterocycles. The zero-order chi connectivity index (χ0) is 21.9. The molecular formula is C21H29N5O3S. The van der Waals surface area contributed by atoms with Crippen molar-refractivity contribution < 1.29 is 13.2 Å². The number of hydrogen-bond donors (Lipinski definition) is 1. The molecule has 1 aliphatic rings. The van der Waals surface area contributed by atoms with Gasteiger partial charge in [0.25, 0.3) is 0 Å². The number of nitrogens with zero attached hydrogens (tertiary/aromatic N) is 4. The largest absolute Gasteiger partial charge is 0.324 e. The van der Waals surface area contributed by atoms with Crippen LogP contribution in [0.3, 0.4) is 0 Å². The van der Waals surface area contributed by atoms with Gasteiger partial charge in [-0.25, -0.2) is 0 Å². The van der Waals surface area contributed by atoms with Crippen molar-refractivity contribution in [2.75, 3.05) is 31.0 Å². The van der Waals surface area contributed by atoms with Crippen LogP contribution < -0.4 is 10.0 Å². The third kappa shape index (κ3) is 4.70. The molecule has 0 amide bonds. The van der Waals surface area contributed by atoms with Gasteiger partial charge in [-0.2, -0.15) is 12.7 Å². The van der Waals surface area contributed by atoms with Crippen LogP contribution in [0.4, 0.5) is 5.69 Å². The van der Waals surface area contributed by atoms with Crippen molar-refractivity contribution in [3.63, 3.8) is 0 Å². The third-order valence-corrected chi connectivity index (χ3v) is 7.50. The molecule has 1 fully saturated rings. The highest BCUT2D eigenvalue weighted by molar-refractivity contribution is 7.90. The Kier molecular flexibility index (Phi) is 6.87. The summed E-state index contributed by atoms with van der Waals surface area (Å²) in [4.78, 5) is 18.1. The first-order chi connectivity index (χ1) is 14.2. The van der Waals surface area contributed by atoms with Gasteiger partial charge >= 0.3 is 10.2 Å². The molecule has 2 aromatic rings. The van der Waals surface area contributed by atoms with Crippen molar-refractivity contribution in [1.29, 1.82) is 0 Å². The predicted molar refractivity (Wildman–Crippen MR) is 117 cm³/mol. The van der Waals surface area contributed by atoms with Crippen molar-refractivity contribution >= 4 is 21.7 Å². The van der Waals surface area contributed by atoms with Crippen molar-refractivity contribution in [1.82, 2.24) is 14.2 Å². The molecule has 0 spiro atoms. The van der Waals surface area contributed by atoms with E-state index in [1.165, 1.54) is 4.31 Å². The van der Waals surface area contributed by atoms with E-state index in [0.717, 1.165) is 5.56 Å². The zero-order valence-corrected chi connectivity index (χ0v) is 18.4. The molecule has 2 heterocycles. The molecule has 9 heteroatoms. The summed E-state index contributed by atoms with van der Waals surface area (Å²) in [6.45, 7) is 4.98. The van der Waals surface area contributed by atoms with Crippen LogP contribution in [-0.2, 0) is 16.8 Å². The fourth-order valence-electron chi connectivity index (χ4n) is 3.57. The van der Waals surface area contributed by atoms with E-state index in [1.807, 2.05) is 20.9 Å². The lowest BCUT2D eigenvalue weighted by atomic mass is 10.1. The number of carbonyl (C=O) groups is 1. The standard InChI is InChI=1S/C21H29N5O3S/c1-16-13-25(14-17(2)24(16)3)30(28,29)26(20-5-4-10-23-12-20)15-18-6-8-19(9-7-18)21(27)11-22/h4-10,12,16-17H,11,13-15,22H2,1-3H3/t16-,17+. The van der Waals surface area contributed by atoms with Crippen LogP contribution in [0.15, 0.2) is 48.8 Å². The number of likely N-dealkylation sites (N-methyl/N-ethyl adjacent to an activating group) is 1. The summed E-state index contributed by atoms with van der Waals surface area (Å²) in [5, 5.41) is 0. The summed E-state index contributed by atoms with van der Waals surface area (Å²) < 4.78 is 30.2. The molecule has 0 bridgehead atoms. The highest BCUT2D eigenvalue weighted by Gasteiger charge is 2.37.